The minimum Gasteiger partial charge on any atom is -0.323 e. The van der Waals surface area contributed by atoms with Gasteiger partial charge in [-0.15, -0.1) is 0 Å². The highest BCUT2D eigenvalue weighted by atomic mass is 35.5. The normalized spacial score (nSPS) is 10.1. The lowest BCUT2D eigenvalue weighted by Gasteiger charge is -2.09. The van der Waals surface area contributed by atoms with E-state index < -0.39 is 0 Å². The van der Waals surface area contributed by atoms with E-state index in [1.807, 2.05) is 30.3 Å². The molecule has 0 spiro atoms. The van der Waals surface area contributed by atoms with Gasteiger partial charge in [0.2, 0.25) is 5.91 Å². The molecule has 0 heterocycles. The Hall–Kier alpha value is -1.51. The summed E-state index contributed by atoms with van der Waals surface area (Å²) in [7, 11) is 0. The van der Waals surface area contributed by atoms with Gasteiger partial charge in [0.15, 0.2) is 0 Å². The number of amides is 1. The average molecular weight is 280 g/mol. The SMILES string of the molecule is O=C(Cc1ccccc1)Nc1c(Cl)cccc1Cl. The van der Waals surface area contributed by atoms with Crippen molar-refractivity contribution in [1.82, 2.24) is 0 Å². The van der Waals surface area contributed by atoms with Crippen molar-refractivity contribution in [2.45, 2.75) is 6.42 Å². The second kappa shape index (κ2) is 5.89. The first-order chi connectivity index (χ1) is 8.66. The standard InChI is InChI=1S/C14H11Cl2NO/c15-11-7-4-8-12(16)14(11)17-13(18)9-10-5-2-1-3-6-10/h1-8H,9H2,(H,17,18). The lowest BCUT2D eigenvalue weighted by Crippen LogP contribution is -2.14. The molecular formula is C14H11Cl2NO. The van der Waals surface area contributed by atoms with Crippen LogP contribution in [0, 0.1) is 0 Å². The van der Waals surface area contributed by atoms with Crippen LogP contribution in [-0.2, 0) is 11.2 Å². The Bertz CT molecular complexity index is 535. The molecule has 0 aliphatic carbocycles. The van der Waals surface area contributed by atoms with Crippen LogP contribution in [0.1, 0.15) is 5.56 Å². The number of rotatable bonds is 3. The molecule has 0 radical (unpaired) electrons. The van der Waals surface area contributed by atoms with Crippen LogP contribution in [0.15, 0.2) is 48.5 Å². The van der Waals surface area contributed by atoms with Crippen molar-refractivity contribution < 1.29 is 4.79 Å². The third kappa shape index (κ3) is 3.25. The summed E-state index contributed by atoms with van der Waals surface area (Å²) in [5, 5.41) is 3.59. The molecule has 2 rings (SSSR count). The van der Waals surface area contributed by atoms with Gasteiger partial charge in [0, 0.05) is 0 Å². The molecule has 0 fully saturated rings. The van der Waals surface area contributed by atoms with E-state index in [9.17, 15) is 4.79 Å². The number of hydrogen-bond acceptors (Lipinski definition) is 1. The summed E-state index contributed by atoms with van der Waals surface area (Å²) in [4.78, 5) is 11.9. The predicted octanol–water partition coefficient (Wildman–Crippen LogP) is 4.17. The molecule has 1 N–H and O–H groups in total. The maximum Gasteiger partial charge on any atom is 0.228 e. The molecule has 0 aliphatic heterocycles. The lowest BCUT2D eigenvalue weighted by atomic mass is 10.1. The van der Waals surface area contributed by atoms with E-state index in [0.717, 1.165) is 5.56 Å². The third-order valence-electron chi connectivity index (χ3n) is 2.43. The molecule has 0 aromatic heterocycles. The molecule has 1 amide bonds. The molecule has 2 aromatic rings. The van der Waals surface area contributed by atoms with Gasteiger partial charge in [-0.25, -0.2) is 0 Å². The Morgan fingerprint density at radius 3 is 2.17 bits per heavy atom. The minimum absolute atomic E-state index is 0.142. The number of carbonyl (C=O) groups is 1. The first-order valence-electron chi connectivity index (χ1n) is 5.44. The van der Waals surface area contributed by atoms with Gasteiger partial charge in [-0.3, -0.25) is 4.79 Å². The monoisotopic (exact) mass is 279 g/mol. The summed E-state index contributed by atoms with van der Waals surface area (Å²) >= 11 is 12.0. The number of carbonyl (C=O) groups excluding carboxylic acids is 1. The highest BCUT2D eigenvalue weighted by Crippen LogP contribution is 2.29. The van der Waals surface area contributed by atoms with Crippen LogP contribution in [-0.4, -0.2) is 5.91 Å². The fraction of sp³-hybridized carbons (Fsp3) is 0.0714. The van der Waals surface area contributed by atoms with Crippen LogP contribution in [0.2, 0.25) is 10.0 Å². The molecule has 2 aromatic carbocycles. The van der Waals surface area contributed by atoms with E-state index in [1.54, 1.807) is 18.2 Å². The number of hydrogen-bond donors (Lipinski definition) is 1. The van der Waals surface area contributed by atoms with Gasteiger partial charge in [-0.05, 0) is 17.7 Å². The fourth-order valence-corrected chi connectivity index (χ4v) is 2.07. The second-order valence-electron chi connectivity index (χ2n) is 3.81. The average Bonchev–Trinajstić information content (AvgIpc) is 2.35. The van der Waals surface area contributed by atoms with Crippen molar-refractivity contribution in [1.29, 1.82) is 0 Å². The van der Waals surface area contributed by atoms with Crippen LogP contribution >= 0.6 is 23.2 Å². The van der Waals surface area contributed by atoms with Gasteiger partial charge in [0.05, 0.1) is 22.2 Å². The van der Waals surface area contributed by atoms with Gasteiger partial charge in [0.25, 0.3) is 0 Å². The van der Waals surface area contributed by atoms with Crippen molar-refractivity contribution in [3.63, 3.8) is 0 Å². The molecule has 0 saturated carbocycles. The minimum atomic E-state index is -0.142. The zero-order valence-corrected chi connectivity index (χ0v) is 11.0. The van der Waals surface area contributed by atoms with Crippen LogP contribution in [0.4, 0.5) is 5.69 Å². The third-order valence-corrected chi connectivity index (χ3v) is 3.06. The summed E-state index contributed by atoms with van der Waals surface area (Å²) in [6.45, 7) is 0. The van der Waals surface area contributed by atoms with Gasteiger partial charge < -0.3 is 5.32 Å². The van der Waals surface area contributed by atoms with Gasteiger partial charge in [0.1, 0.15) is 0 Å². The van der Waals surface area contributed by atoms with E-state index in [1.165, 1.54) is 0 Å². The summed E-state index contributed by atoms with van der Waals surface area (Å²) in [6, 6.07) is 14.6. The van der Waals surface area contributed by atoms with Crippen LogP contribution in [0.3, 0.4) is 0 Å². The van der Waals surface area contributed by atoms with Crippen molar-refractivity contribution >= 4 is 34.8 Å². The molecule has 0 unspecified atom stereocenters. The largest absolute Gasteiger partial charge is 0.323 e. The number of nitrogens with one attached hydrogen (secondary N) is 1. The summed E-state index contributed by atoms with van der Waals surface area (Å²) in [6.07, 6.45) is 0.294. The van der Waals surface area contributed by atoms with E-state index in [-0.39, 0.29) is 5.91 Å². The highest BCUT2D eigenvalue weighted by Gasteiger charge is 2.09. The summed E-state index contributed by atoms with van der Waals surface area (Å²) < 4.78 is 0. The van der Waals surface area contributed by atoms with Gasteiger partial charge in [-0.2, -0.15) is 0 Å². The van der Waals surface area contributed by atoms with Crippen molar-refractivity contribution in [2.24, 2.45) is 0 Å². The number of anilines is 1. The van der Waals surface area contributed by atoms with Crippen molar-refractivity contribution in [3.05, 3.63) is 64.1 Å². The summed E-state index contributed by atoms with van der Waals surface area (Å²) in [5.41, 5.74) is 1.40. The highest BCUT2D eigenvalue weighted by molar-refractivity contribution is 6.39. The molecule has 0 atom stereocenters. The molecule has 0 aliphatic rings. The van der Waals surface area contributed by atoms with Gasteiger partial charge in [-0.1, -0.05) is 59.6 Å². The van der Waals surface area contributed by atoms with Crippen LogP contribution < -0.4 is 5.32 Å². The molecular weight excluding hydrogens is 269 g/mol. The lowest BCUT2D eigenvalue weighted by molar-refractivity contribution is -0.115. The number of halogens is 2. The Kier molecular flexibility index (Phi) is 4.24. The molecule has 92 valence electrons. The maximum absolute atomic E-state index is 11.9. The predicted molar refractivity (Wildman–Crippen MR) is 75.2 cm³/mol. The quantitative estimate of drug-likeness (QED) is 0.898. The Morgan fingerprint density at radius 1 is 0.944 bits per heavy atom. The molecule has 4 heteroatoms. The van der Waals surface area contributed by atoms with E-state index in [0.29, 0.717) is 22.2 Å². The van der Waals surface area contributed by atoms with Crippen molar-refractivity contribution in [2.75, 3.05) is 5.32 Å². The first-order valence-corrected chi connectivity index (χ1v) is 6.20. The molecule has 0 saturated heterocycles. The topological polar surface area (TPSA) is 29.1 Å². The Morgan fingerprint density at radius 2 is 1.56 bits per heavy atom. The van der Waals surface area contributed by atoms with E-state index in [4.69, 9.17) is 23.2 Å². The zero-order chi connectivity index (χ0) is 13.0. The zero-order valence-electron chi connectivity index (χ0n) is 9.49. The first kappa shape index (κ1) is 12.9. The Labute approximate surface area is 116 Å². The van der Waals surface area contributed by atoms with Crippen molar-refractivity contribution in [3.8, 4) is 0 Å². The smallest absolute Gasteiger partial charge is 0.228 e. The second-order valence-corrected chi connectivity index (χ2v) is 4.62. The van der Waals surface area contributed by atoms with Crippen LogP contribution in [0.5, 0.6) is 0 Å². The summed E-state index contributed by atoms with van der Waals surface area (Å²) in [5.74, 6) is -0.142. The van der Waals surface area contributed by atoms with E-state index >= 15 is 0 Å². The Balaban J connectivity index is 2.08. The maximum atomic E-state index is 11.9. The number of para-hydroxylation sites is 1. The molecule has 0 bridgehead atoms. The molecule has 2 nitrogen and oxygen atoms in total. The molecule has 18 heavy (non-hydrogen) atoms. The fourth-order valence-electron chi connectivity index (χ4n) is 1.58. The van der Waals surface area contributed by atoms with Gasteiger partial charge >= 0.3 is 0 Å². The number of benzene rings is 2. The van der Waals surface area contributed by atoms with Crippen LogP contribution in [0.25, 0.3) is 0 Å². The van der Waals surface area contributed by atoms with E-state index in [2.05, 4.69) is 5.32 Å².